The topological polar surface area (TPSA) is 55.6 Å². The zero-order valence-electron chi connectivity index (χ0n) is 15.8. The van der Waals surface area contributed by atoms with Crippen LogP contribution in [0.1, 0.15) is 41.9 Å². The number of fused-ring (bicyclic) bond motifs is 1. The molecule has 2 aromatic rings. The SMILES string of the molecule is NC(=O)CCOc1ccc2c(c1)C(Cc1ccccc1)C(N1CCC1)CC2. The standard InChI is InChI=1S/C23H28N2O2/c24-23(26)11-14-27-19-9-7-18-8-10-22(25-12-4-13-25)21(20(18)16-19)15-17-5-2-1-3-6-17/h1-3,5-7,9,16,21-22H,4,8,10-15H2,(H2,24,26). The first-order chi connectivity index (χ1) is 13.2. The van der Waals surface area contributed by atoms with Gasteiger partial charge in [-0.2, -0.15) is 0 Å². The number of primary amides is 1. The minimum absolute atomic E-state index is 0.251. The summed E-state index contributed by atoms with van der Waals surface area (Å²) in [6.45, 7) is 2.78. The smallest absolute Gasteiger partial charge is 0.220 e. The summed E-state index contributed by atoms with van der Waals surface area (Å²) in [5.41, 5.74) is 9.47. The molecular weight excluding hydrogens is 336 g/mol. The van der Waals surface area contributed by atoms with Crippen LogP contribution in [0, 0.1) is 0 Å². The zero-order valence-corrected chi connectivity index (χ0v) is 15.8. The van der Waals surface area contributed by atoms with Crippen LogP contribution in [0.25, 0.3) is 0 Å². The van der Waals surface area contributed by atoms with Crippen molar-refractivity contribution in [2.45, 2.75) is 44.1 Å². The molecule has 0 spiro atoms. The molecule has 2 unspecified atom stereocenters. The van der Waals surface area contributed by atoms with E-state index in [4.69, 9.17) is 10.5 Å². The molecule has 0 bridgehead atoms. The highest BCUT2D eigenvalue weighted by Crippen LogP contribution is 2.40. The van der Waals surface area contributed by atoms with E-state index in [-0.39, 0.29) is 12.3 Å². The van der Waals surface area contributed by atoms with Gasteiger partial charge in [-0.3, -0.25) is 9.69 Å². The summed E-state index contributed by atoms with van der Waals surface area (Å²) in [7, 11) is 0. The van der Waals surface area contributed by atoms with E-state index < -0.39 is 0 Å². The maximum Gasteiger partial charge on any atom is 0.220 e. The van der Waals surface area contributed by atoms with Crippen molar-refractivity contribution < 1.29 is 9.53 Å². The fourth-order valence-electron chi connectivity index (χ4n) is 4.44. The molecule has 4 heteroatoms. The normalized spacial score (nSPS) is 21.9. The zero-order chi connectivity index (χ0) is 18.6. The maximum atomic E-state index is 11.0. The van der Waals surface area contributed by atoms with Gasteiger partial charge in [0.15, 0.2) is 0 Å². The summed E-state index contributed by atoms with van der Waals surface area (Å²) in [5.74, 6) is 1.00. The van der Waals surface area contributed by atoms with Crippen LogP contribution in [0.4, 0.5) is 0 Å². The molecule has 1 amide bonds. The van der Waals surface area contributed by atoms with Crippen molar-refractivity contribution in [2.75, 3.05) is 19.7 Å². The number of ether oxygens (including phenoxy) is 1. The Bertz CT molecular complexity index is 786. The van der Waals surface area contributed by atoms with E-state index in [1.54, 1.807) is 0 Å². The van der Waals surface area contributed by atoms with Gasteiger partial charge in [-0.05, 0) is 67.6 Å². The van der Waals surface area contributed by atoms with Crippen molar-refractivity contribution in [3.63, 3.8) is 0 Å². The Morgan fingerprint density at radius 2 is 1.96 bits per heavy atom. The van der Waals surface area contributed by atoms with Gasteiger partial charge >= 0.3 is 0 Å². The lowest BCUT2D eigenvalue weighted by Crippen LogP contribution is -2.49. The highest BCUT2D eigenvalue weighted by Gasteiger charge is 2.35. The number of benzene rings is 2. The quantitative estimate of drug-likeness (QED) is 0.820. The molecule has 142 valence electrons. The Balaban J connectivity index is 1.59. The highest BCUT2D eigenvalue weighted by atomic mass is 16.5. The number of carbonyl (C=O) groups is 1. The van der Waals surface area contributed by atoms with Crippen LogP contribution in [-0.2, 0) is 17.6 Å². The molecule has 0 aromatic heterocycles. The van der Waals surface area contributed by atoms with Gasteiger partial charge in [0.25, 0.3) is 0 Å². The Labute approximate surface area is 161 Å². The third-order valence-electron chi connectivity index (χ3n) is 5.97. The van der Waals surface area contributed by atoms with Gasteiger partial charge in [-0.1, -0.05) is 36.4 Å². The molecule has 1 aliphatic carbocycles. The van der Waals surface area contributed by atoms with E-state index >= 15 is 0 Å². The largest absolute Gasteiger partial charge is 0.493 e. The molecule has 1 aliphatic heterocycles. The number of hydrogen-bond donors (Lipinski definition) is 1. The number of hydrogen-bond acceptors (Lipinski definition) is 3. The minimum Gasteiger partial charge on any atom is -0.493 e. The molecule has 2 atom stereocenters. The van der Waals surface area contributed by atoms with E-state index in [1.165, 1.54) is 42.6 Å². The molecule has 0 saturated carbocycles. The molecule has 1 saturated heterocycles. The lowest BCUT2D eigenvalue weighted by atomic mass is 9.75. The first-order valence-corrected chi connectivity index (χ1v) is 10.0. The second-order valence-electron chi connectivity index (χ2n) is 7.72. The van der Waals surface area contributed by atoms with Crippen molar-refractivity contribution in [3.8, 4) is 5.75 Å². The molecule has 0 radical (unpaired) electrons. The monoisotopic (exact) mass is 364 g/mol. The summed E-state index contributed by atoms with van der Waals surface area (Å²) in [5, 5.41) is 0. The first kappa shape index (κ1) is 18.1. The van der Waals surface area contributed by atoms with Crippen LogP contribution in [0.5, 0.6) is 5.75 Å². The van der Waals surface area contributed by atoms with Crippen molar-refractivity contribution in [1.82, 2.24) is 4.90 Å². The molecule has 27 heavy (non-hydrogen) atoms. The summed E-state index contributed by atoms with van der Waals surface area (Å²) < 4.78 is 5.80. The third-order valence-corrected chi connectivity index (χ3v) is 5.97. The molecular formula is C23H28N2O2. The number of likely N-dealkylation sites (tertiary alicyclic amines) is 1. The summed E-state index contributed by atoms with van der Waals surface area (Å²) in [6.07, 6.45) is 4.98. The molecule has 1 heterocycles. The Kier molecular flexibility index (Phi) is 5.44. The fourth-order valence-corrected chi connectivity index (χ4v) is 4.44. The minimum atomic E-state index is -0.326. The maximum absolute atomic E-state index is 11.0. The highest BCUT2D eigenvalue weighted by molar-refractivity contribution is 5.73. The fraction of sp³-hybridized carbons (Fsp3) is 0.435. The number of amides is 1. The van der Waals surface area contributed by atoms with Crippen LogP contribution in [0.15, 0.2) is 48.5 Å². The van der Waals surface area contributed by atoms with Gasteiger partial charge in [0, 0.05) is 12.0 Å². The van der Waals surface area contributed by atoms with Crippen molar-refractivity contribution in [3.05, 3.63) is 65.2 Å². The average molecular weight is 364 g/mol. The summed E-state index contributed by atoms with van der Waals surface area (Å²) in [6, 6.07) is 17.8. The van der Waals surface area contributed by atoms with E-state index in [0.717, 1.165) is 18.6 Å². The van der Waals surface area contributed by atoms with Gasteiger partial charge in [0.05, 0.1) is 13.0 Å². The first-order valence-electron chi connectivity index (χ1n) is 10.0. The summed E-state index contributed by atoms with van der Waals surface area (Å²) >= 11 is 0. The Morgan fingerprint density at radius 3 is 2.67 bits per heavy atom. The van der Waals surface area contributed by atoms with Crippen LogP contribution < -0.4 is 10.5 Å². The predicted molar refractivity (Wildman–Crippen MR) is 107 cm³/mol. The van der Waals surface area contributed by atoms with E-state index in [9.17, 15) is 4.79 Å². The number of aryl methyl sites for hydroxylation is 1. The van der Waals surface area contributed by atoms with Crippen LogP contribution in [0.3, 0.4) is 0 Å². The molecule has 4 rings (SSSR count). The van der Waals surface area contributed by atoms with Crippen LogP contribution in [-0.4, -0.2) is 36.5 Å². The lowest BCUT2D eigenvalue weighted by molar-refractivity contribution is -0.118. The second-order valence-corrected chi connectivity index (χ2v) is 7.72. The second kappa shape index (κ2) is 8.13. The molecule has 2 aromatic carbocycles. The van der Waals surface area contributed by atoms with Crippen LogP contribution >= 0.6 is 0 Å². The lowest BCUT2D eigenvalue weighted by Gasteiger charge is -2.45. The van der Waals surface area contributed by atoms with Crippen molar-refractivity contribution in [2.24, 2.45) is 5.73 Å². The van der Waals surface area contributed by atoms with Gasteiger partial charge in [-0.15, -0.1) is 0 Å². The molecule has 2 N–H and O–H groups in total. The molecule has 1 fully saturated rings. The van der Waals surface area contributed by atoms with Crippen LogP contribution in [0.2, 0.25) is 0 Å². The Hall–Kier alpha value is -2.33. The van der Waals surface area contributed by atoms with Crippen molar-refractivity contribution in [1.29, 1.82) is 0 Å². The Morgan fingerprint density at radius 1 is 1.15 bits per heavy atom. The number of nitrogens with two attached hydrogens (primary N) is 1. The van der Waals surface area contributed by atoms with E-state index in [0.29, 0.717) is 18.6 Å². The number of rotatable bonds is 7. The van der Waals surface area contributed by atoms with Gasteiger partial charge in [0.2, 0.25) is 5.91 Å². The van der Waals surface area contributed by atoms with Crippen molar-refractivity contribution >= 4 is 5.91 Å². The number of nitrogens with zero attached hydrogens (tertiary/aromatic N) is 1. The summed E-state index contributed by atoms with van der Waals surface area (Å²) in [4.78, 5) is 13.6. The predicted octanol–water partition coefficient (Wildman–Crippen LogP) is 3.29. The molecule has 4 nitrogen and oxygen atoms in total. The van der Waals surface area contributed by atoms with Gasteiger partial charge < -0.3 is 10.5 Å². The van der Waals surface area contributed by atoms with E-state index in [2.05, 4.69) is 47.4 Å². The van der Waals surface area contributed by atoms with Gasteiger partial charge in [-0.25, -0.2) is 0 Å². The van der Waals surface area contributed by atoms with Gasteiger partial charge in [0.1, 0.15) is 5.75 Å². The van der Waals surface area contributed by atoms with E-state index in [1.807, 2.05) is 6.07 Å². The third kappa shape index (κ3) is 4.16. The number of carbonyl (C=O) groups excluding carboxylic acids is 1. The molecule has 2 aliphatic rings. The average Bonchev–Trinajstić information content (AvgIpc) is 2.63.